The lowest BCUT2D eigenvalue weighted by atomic mass is 10.0. The Morgan fingerprint density at radius 2 is 1.61 bits per heavy atom. The molecule has 1 aromatic rings. The van der Waals surface area contributed by atoms with E-state index in [0.717, 1.165) is 4.90 Å². The Morgan fingerprint density at radius 3 is 2.17 bits per heavy atom. The van der Waals surface area contributed by atoms with Gasteiger partial charge in [-0.3, -0.25) is 19.3 Å². The fraction of sp³-hybridized carbons (Fsp3) is 0.154. The third-order valence-corrected chi connectivity index (χ3v) is 2.69. The second kappa shape index (κ2) is 4.83. The van der Waals surface area contributed by atoms with Crippen LogP contribution in [0, 0.1) is 0 Å². The Morgan fingerprint density at radius 1 is 1.06 bits per heavy atom. The molecule has 0 radical (unpaired) electrons. The number of aliphatic carboxylic acids is 1. The van der Waals surface area contributed by atoms with Crippen LogP contribution >= 0.6 is 0 Å². The van der Waals surface area contributed by atoms with Crippen molar-refractivity contribution in [3.05, 3.63) is 47.5 Å². The minimum absolute atomic E-state index is 0.105. The molecule has 1 aliphatic rings. The molecule has 1 heterocycles. The second-order valence-electron chi connectivity index (χ2n) is 3.94. The quantitative estimate of drug-likeness (QED) is 0.794. The van der Waals surface area contributed by atoms with Gasteiger partial charge in [0.15, 0.2) is 0 Å². The van der Waals surface area contributed by atoms with Crippen molar-refractivity contribution in [2.75, 3.05) is 0 Å². The molecule has 0 aliphatic carbocycles. The summed E-state index contributed by atoms with van der Waals surface area (Å²) in [5.74, 6) is -1.69. The van der Waals surface area contributed by atoms with Gasteiger partial charge in [0.2, 0.25) is 0 Å². The lowest BCUT2D eigenvalue weighted by Gasteiger charge is -2.15. The molecule has 18 heavy (non-hydrogen) atoms. The smallest absolute Gasteiger partial charge is 0.307 e. The van der Waals surface area contributed by atoms with Crippen molar-refractivity contribution in [1.82, 2.24) is 4.90 Å². The standard InChI is InChI=1S/C13H11NO4/c15-11-5-6-12(16)14(11)8-10-4-2-1-3-9(10)7-13(17)18/h1-6H,7-8H2,(H,17,18). The van der Waals surface area contributed by atoms with Gasteiger partial charge in [0.1, 0.15) is 0 Å². The molecule has 0 saturated carbocycles. The normalized spacial score (nSPS) is 14.3. The first kappa shape index (κ1) is 12.0. The fourth-order valence-electron chi connectivity index (χ4n) is 1.80. The van der Waals surface area contributed by atoms with E-state index in [2.05, 4.69) is 0 Å². The molecular weight excluding hydrogens is 234 g/mol. The number of carbonyl (C=O) groups is 3. The molecule has 92 valence electrons. The van der Waals surface area contributed by atoms with Gasteiger partial charge < -0.3 is 5.11 Å². The molecule has 0 spiro atoms. The van der Waals surface area contributed by atoms with E-state index in [1.54, 1.807) is 24.3 Å². The number of hydrogen-bond acceptors (Lipinski definition) is 3. The summed E-state index contributed by atoms with van der Waals surface area (Å²) in [5, 5.41) is 8.80. The van der Waals surface area contributed by atoms with Gasteiger partial charge in [-0.25, -0.2) is 0 Å². The summed E-state index contributed by atoms with van der Waals surface area (Å²) in [7, 11) is 0. The summed E-state index contributed by atoms with van der Waals surface area (Å²) >= 11 is 0. The third-order valence-electron chi connectivity index (χ3n) is 2.69. The predicted octanol–water partition coefficient (Wildman–Crippen LogP) is 0.739. The van der Waals surface area contributed by atoms with Crippen LogP contribution in [-0.4, -0.2) is 27.8 Å². The molecule has 0 bridgehead atoms. The first-order valence-electron chi connectivity index (χ1n) is 5.40. The van der Waals surface area contributed by atoms with E-state index in [0.29, 0.717) is 11.1 Å². The topological polar surface area (TPSA) is 74.7 Å². The molecule has 2 rings (SSSR count). The molecule has 0 aromatic heterocycles. The van der Waals surface area contributed by atoms with Gasteiger partial charge >= 0.3 is 5.97 Å². The van der Waals surface area contributed by atoms with E-state index in [9.17, 15) is 14.4 Å². The van der Waals surface area contributed by atoms with Crippen molar-refractivity contribution in [1.29, 1.82) is 0 Å². The minimum Gasteiger partial charge on any atom is -0.481 e. The van der Waals surface area contributed by atoms with Gasteiger partial charge in [-0.15, -0.1) is 0 Å². The minimum atomic E-state index is -0.945. The maximum absolute atomic E-state index is 11.4. The average molecular weight is 245 g/mol. The van der Waals surface area contributed by atoms with E-state index in [4.69, 9.17) is 5.11 Å². The highest BCUT2D eigenvalue weighted by Crippen LogP contribution is 2.15. The molecular formula is C13H11NO4. The Balaban J connectivity index is 2.21. The first-order chi connectivity index (χ1) is 8.58. The summed E-state index contributed by atoms with van der Waals surface area (Å²) in [4.78, 5) is 34.7. The number of amides is 2. The Bertz CT molecular complexity index is 530. The van der Waals surface area contributed by atoms with E-state index < -0.39 is 5.97 Å². The largest absolute Gasteiger partial charge is 0.481 e. The molecule has 2 amide bonds. The number of nitrogens with zero attached hydrogens (tertiary/aromatic N) is 1. The summed E-state index contributed by atoms with van der Waals surface area (Å²) in [6, 6.07) is 6.88. The number of carboxylic acids is 1. The Kier molecular flexibility index (Phi) is 3.23. The van der Waals surface area contributed by atoms with Gasteiger partial charge in [-0.1, -0.05) is 24.3 Å². The van der Waals surface area contributed by atoms with Crippen molar-refractivity contribution >= 4 is 17.8 Å². The molecule has 0 fully saturated rings. The number of rotatable bonds is 4. The van der Waals surface area contributed by atoms with Crippen LogP contribution in [0.1, 0.15) is 11.1 Å². The molecule has 0 unspecified atom stereocenters. The number of carbonyl (C=O) groups excluding carboxylic acids is 2. The zero-order chi connectivity index (χ0) is 13.1. The summed E-state index contributed by atoms with van der Waals surface area (Å²) in [6.45, 7) is 0.105. The molecule has 5 heteroatoms. The zero-order valence-corrected chi connectivity index (χ0v) is 9.50. The molecule has 0 saturated heterocycles. The van der Waals surface area contributed by atoms with Gasteiger partial charge in [-0.05, 0) is 11.1 Å². The highest BCUT2D eigenvalue weighted by molar-refractivity contribution is 6.12. The Hall–Kier alpha value is -2.43. The van der Waals surface area contributed by atoms with Crippen LogP contribution in [0.2, 0.25) is 0 Å². The zero-order valence-electron chi connectivity index (χ0n) is 9.50. The molecule has 5 nitrogen and oxygen atoms in total. The van der Waals surface area contributed by atoms with Crippen LogP contribution in [0.25, 0.3) is 0 Å². The maximum atomic E-state index is 11.4. The van der Waals surface area contributed by atoms with E-state index in [-0.39, 0.29) is 24.8 Å². The van der Waals surface area contributed by atoms with Crippen molar-refractivity contribution < 1.29 is 19.5 Å². The van der Waals surface area contributed by atoms with Gasteiger partial charge in [0.25, 0.3) is 11.8 Å². The van der Waals surface area contributed by atoms with Crippen LogP contribution in [-0.2, 0) is 27.3 Å². The SMILES string of the molecule is O=C(O)Cc1ccccc1CN1C(=O)C=CC1=O. The van der Waals surface area contributed by atoms with Crippen molar-refractivity contribution in [3.63, 3.8) is 0 Å². The van der Waals surface area contributed by atoms with Crippen molar-refractivity contribution in [2.24, 2.45) is 0 Å². The summed E-state index contributed by atoms with van der Waals surface area (Å²) in [6.07, 6.45) is 2.30. The van der Waals surface area contributed by atoms with Crippen LogP contribution in [0.4, 0.5) is 0 Å². The third kappa shape index (κ3) is 2.45. The molecule has 1 N–H and O–H groups in total. The molecule has 1 aromatic carbocycles. The van der Waals surface area contributed by atoms with E-state index in [1.165, 1.54) is 12.2 Å². The summed E-state index contributed by atoms with van der Waals surface area (Å²) < 4.78 is 0. The van der Waals surface area contributed by atoms with Gasteiger partial charge in [0, 0.05) is 12.2 Å². The van der Waals surface area contributed by atoms with Gasteiger partial charge in [-0.2, -0.15) is 0 Å². The number of imide groups is 1. The number of carboxylic acid groups (broad SMARTS) is 1. The highest BCUT2D eigenvalue weighted by Gasteiger charge is 2.24. The van der Waals surface area contributed by atoms with Crippen LogP contribution < -0.4 is 0 Å². The number of benzene rings is 1. The van der Waals surface area contributed by atoms with E-state index in [1.807, 2.05) is 0 Å². The predicted molar refractivity (Wildman–Crippen MR) is 62.5 cm³/mol. The summed E-state index contributed by atoms with van der Waals surface area (Å²) in [5.41, 5.74) is 1.28. The molecule has 1 aliphatic heterocycles. The Labute approximate surface area is 103 Å². The maximum Gasteiger partial charge on any atom is 0.307 e. The van der Waals surface area contributed by atoms with Crippen LogP contribution in [0.15, 0.2) is 36.4 Å². The first-order valence-corrected chi connectivity index (χ1v) is 5.40. The van der Waals surface area contributed by atoms with Crippen LogP contribution in [0.5, 0.6) is 0 Å². The monoisotopic (exact) mass is 245 g/mol. The van der Waals surface area contributed by atoms with Crippen molar-refractivity contribution in [2.45, 2.75) is 13.0 Å². The van der Waals surface area contributed by atoms with E-state index >= 15 is 0 Å². The lowest BCUT2D eigenvalue weighted by molar-refractivity contribution is -0.137. The highest BCUT2D eigenvalue weighted by atomic mass is 16.4. The lowest BCUT2D eigenvalue weighted by Crippen LogP contribution is -2.29. The van der Waals surface area contributed by atoms with Crippen molar-refractivity contribution in [3.8, 4) is 0 Å². The van der Waals surface area contributed by atoms with Crippen LogP contribution in [0.3, 0.4) is 0 Å². The molecule has 0 atom stereocenters. The number of hydrogen-bond donors (Lipinski definition) is 1. The second-order valence-corrected chi connectivity index (χ2v) is 3.94. The fourth-order valence-corrected chi connectivity index (χ4v) is 1.80. The average Bonchev–Trinajstić information content (AvgIpc) is 2.62. The van der Waals surface area contributed by atoms with Gasteiger partial charge in [0.05, 0.1) is 13.0 Å².